The largest absolute Gasteiger partial charge is 0.388 e. The number of hydrogen-bond acceptors (Lipinski definition) is 4. The minimum absolute atomic E-state index is 0.129. The van der Waals surface area contributed by atoms with E-state index in [1.165, 1.54) is 0 Å². The molecule has 0 amide bonds. The van der Waals surface area contributed by atoms with Gasteiger partial charge in [-0.25, -0.2) is 0 Å². The topological polar surface area (TPSA) is 64.1 Å². The van der Waals surface area contributed by atoms with E-state index in [1.807, 2.05) is 10.9 Å². The van der Waals surface area contributed by atoms with Crippen molar-refractivity contribution in [2.45, 2.75) is 26.5 Å². The van der Waals surface area contributed by atoms with E-state index in [4.69, 9.17) is 9.63 Å². The van der Waals surface area contributed by atoms with Crippen molar-refractivity contribution in [1.29, 1.82) is 0 Å². The van der Waals surface area contributed by atoms with Crippen molar-refractivity contribution in [3.8, 4) is 11.3 Å². The molecule has 2 heterocycles. The highest BCUT2D eigenvalue weighted by Crippen LogP contribution is 2.18. The molecule has 5 nitrogen and oxygen atoms in total. The first-order valence-corrected chi connectivity index (χ1v) is 4.92. The molecule has 2 aromatic rings. The Kier molecular flexibility index (Phi) is 2.82. The van der Waals surface area contributed by atoms with Gasteiger partial charge in [0, 0.05) is 24.4 Å². The van der Waals surface area contributed by atoms with Crippen molar-refractivity contribution in [2.24, 2.45) is 0 Å². The zero-order valence-corrected chi connectivity index (χ0v) is 8.55. The average molecular weight is 207 g/mol. The molecular formula is C10H13N3O2. The van der Waals surface area contributed by atoms with Gasteiger partial charge >= 0.3 is 0 Å². The number of aryl methyl sites for hydroxylation is 1. The van der Waals surface area contributed by atoms with Crippen molar-refractivity contribution in [3.05, 3.63) is 24.2 Å². The Bertz CT molecular complexity index is 433. The molecule has 1 N–H and O–H groups in total. The Morgan fingerprint density at radius 3 is 3.07 bits per heavy atom. The van der Waals surface area contributed by atoms with E-state index in [0.717, 1.165) is 18.5 Å². The molecule has 2 rings (SSSR count). The van der Waals surface area contributed by atoms with Crippen LogP contribution in [0.25, 0.3) is 11.3 Å². The second kappa shape index (κ2) is 4.27. The molecule has 0 aliphatic heterocycles. The maximum atomic E-state index is 8.83. The molecule has 0 radical (unpaired) electrons. The van der Waals surface area contributed by atoms with Crippen LogP contribution < -0.4 is 0 Å². The van der Waals surface area contributed by atoms with Crippen molar-refractivity contribution in [2.75, 3.05) is 0 Å². The summed E-state index contributed by atoms with van der Waals surface area (Å²) in [5, 5.41) is 16.9. The van der Waals surface area contributed by atoms with Gasteiger partial charge in [0.05, 0.1) is 6.20 Å². The fourth-order valence-electron chi connectivity index (χ4n) is 1.37. The van der Waals surface area contributed by atoms with Crippen LogP contribution in [0.2, 0.25) is 0 Å². The summed E-state index contributed by atoms with van der Waals surface area (Å²) in [5.41, 5.74) is 1.62. The van der Waals surface area contributed by atoms with Gasteiger partial charge in [-0.15, -0.1) is 0 Å². The molecular weight excluding hydrogens is 194 g/mol. The molecule has 2 aromatic heterocycles. The maximum Gasteiger partial charge on any atom is 0.162 e. The molecule has 0 aliphatic rings. The van der Waals surface area contributed by atoms with Gasteiger partial charge in [0.25, 0.3) is 0 Å². The van der Waals surface area contributed by atoms with E-state index in [2.05, 4.69) is 17.2 Å². The molecule has 0 fully saturated rings. The zero-order valence-electron chi connectivity index (χ0n) is 8.55. The molecule has 0 bridgehead atoms. The Labute approximate surface area is 87.3 Å². The summed E-state index contributed by atoms with van der Waals surface area (Å²) in [5.74, 6) is 0.466. The monoisotopic (exact) mass is 207 g/mol. The molecule has 80 valence electrons. The van der Waals surface area contributed by atoms with Crippen molar-refractivity contribution >= 4 is 0 Å². The van der Waals surface area contributed by atoms with Gasteiger partial charge in [0.2, 0.25) is 0 Å². The number of nitrogens with zero attached hydrogens (tertiary/aromatic N) is 3. The lowest BCUT2D eigenvalue weighted by atomic mass is 10.2. The molecule has 0 aliphatic carbocycles. The summed E-state index contributed by atoms with van der Waals surface area (Å²) < 4.78 is 6.76. The second-order valence-corrected chi connectivity index (χ2v) is 3.33. The third-order valence-corrected chi connectivity index (χ3v) is 2.10. The van der Waals surface area contributed by atoms with Gasteiger partial charge in [-0.3, -0.25) is 4.68 Å². The minimum Gasteiger partial charge on any atom is -0.388 e. The van der Waals surface area contributed by atoms with Crippen LogP contribution in [0.5, 0.6) is 0 Å². The Hall–Kier alpha value is -1.62. The van der Waals surface area contributed by atoms with Crippen LogP contribution in [0.15, 0.2) is 23.0 Å². The lowest BCUT2D eigenvalue weighted by Crippen LogP contribution is -1.95. The number of aliphatic hydroxyl groups is 1. The quantitative estimate of drug-likeness (QED) is 0.823. The summed E-state index contributed by atoms with van der Waals surface area (Å²) >= 11 is 0. The normalized spacial score (nSPS) is 10.8. The molecule has 5 heteroatoms. The van der Waals surface area contributed by atoms with Crippen LogP contribution in [-0.4, -0.2) is 20.0 Å². The van der Waals surface area contributed by atoms with Gasteiger partial charge in [-0.05, 0) is 6.42 Å². The lowest BCUT2D eigenvalue weighted by molar-refractivity contribution is 0.229. The summed E-state index contributed by atoms with van der Waals surface area (Å²) in [4.78, 5) is 0. The van der Waals surface area contributed by atoms with E-state index >= 15 is 0 Å². The van der Waals surface area contributed by atoms with Crippen LogP contribution in [0, 0.1) is 0 Å². The molecule has 15 heavy (non-hydrogen) atoms. The van der Waals surface area contributed by atoms with E-state index in [9.17, 15) is 0 Å². The summed E-state index contributed by atoms with van der Waals surface area (Å²) in [6.45, 7) is 2.86. The highest BCUT2D eigenvalue weighted by molar-refractivity contribution is 5.56. The van der Waals surface area contributed by atoms with Crippen LogP contribution >= 0.6 is 0 Å². The Morgan fingerprint density at radius 1 is 1.53 bits per heavy atom. The highest BCUT2D eigenvalue weighted by atomic mass is 16.5. The molecule has 0 spiro atoms. The summed E-state index contributed by atoms with van der Waals surface area (Å²) in [6.07, 6.45) is 4.71. The highest BCUT2D eigenvalue weighted by Gasteiger charge is 2.07. The third kappa shape index (κ3) is 2.07. The molecule has 0 saturated heterocycles. The fourth-order valence-corrected chi connectivity index (χ4v) is 1.37. The molecule has 0 atom stereocenters. The predicted octanol–water partition coefficient (Wildman–Crippen LogP) is 1.44. The lowest BCUT2D eigenvalue weighted by Gasteiger charge is -1.93. The number of rotatable bonds is 4. The summed E-state index contributed by atoms with van der Waals surface area (Å²) in [7, 11) is 0. The zero-order chi connectivity index (χ0) is 10.7. The van der Waals surface area contributed by atoms with E-state index < -0.39 is 0 Å². The maximum absolute atomic E-state index is 8.83. The number of aromatic nitrogens is 3. The number of hydrogen-bond donors (Lipinski definition) is 1. The fraction of sp³-hybridized carbons (Fsp3) is 0.400. The van der Waals surface area contributed by atoms with Gasteiger partial charge in [-0.2, -0.15) is 5.10 Å². The second-order valence-electron chi connectivity index (χ2n) is 3.33. The van der Waals surface area contributed by atoms with E-state index in [0.29, 0.717) is 11.5 Å². The van der Waals surface area contributed by atoms with Crippen LogP contribution in [0.4, 0.5) is 0 Å². The first-order chi connectivity index (χ1) is 7.33. The first kappa shape index (κ1) is 9.92. The Balaban J connectivity index is 2.21. The smallest absolute Gasteiger partial charge is 0.162 e. The summed E-state index contributed by atoms with van der Waals surface area (Å²) in [6, 6.07) is 1.72. The van der Waals surface area contributed by atoms with E-state index in [1.54, 1.807) is 12.3 Å². The van der Waals surface area contributed by atoms with Gasteiger partial charge in [-0.1, -0.05) is 12.1 Å². The van der Waals surface area contributed by atoms with Crippen molar-refractivity contribution in [3.63, 3.8) is 0 Å². The molecule has 0 unspecified atom stereocenters. The van der Waals surface area contributed by atoms with Crippen molar-refractivity contribution in [1.82, 2.24) is 14.9 Å². The third-order valence-electron chi connectivity index (χ3n) is 2.10. The van der Waals surface area contributed by atoms with Gasteiger partial charge < -0.3 is 9.63 Å². The van der Waals surface area contributed by atoms with Crippen LogP contribution in [0.3, 0.4) is 0 Å². The SMILES string of the molecule is CCCn1cc(-c2cc(CO)on2)cn1. The van der Waals surface area contributed by atoms with Crippen molar-refractivity contribution < 1.29 is 9.63 Å². The van der Waals surface area contributed by atoms with Crippen LogP contribution in [0.1, 0.15) is 19.1 Å². The Morgan fingerprint density at radius 2 is 2.40 bits per heavy atom. The van der Waals surface area contributed by atoms with Crippen LogP contribution in [-0.2, 0) is 13.2 Å². The number of aliphatic hydroxyl groups excluding tert-OH is 1. The first-order valence-electron chi connectivity index (χ1n) is 4.92. The average Bonchev–Trinajstić information content (AvgIpc) is 2.85. The van der Waals surface area contributed by atoms with Gasteiger partial charge in [0.15, 0.2) is 5.76 Å². The molecule has 0 aromatic carbocycles. The van der Waals surface area contributed by atoms with Gasteiger partial charge in [0.1, 0.15) is 12.3 Å². The predicted molar refractivity (Wildman–Crippen MR) is 53.9 cm³/mol. The van der Waals surface area contributed by atoms with E-state index in [-0.39, 0.29) is 6.61 Å². The molecule has 0 saturated carbocycles. The minimum atomic E-state index is -0.129. The standard InChI is InChI=1S/C10H13N3O2/c1-2-3-13-6-8(5-11-13)10-4-9(7-14)15-12-10/h4-6,14H,2-3,7H2,1H3.